The van der Waals surface area contributed by atoms with E-state index in [2.05, 4.69) is 5.32 Å². The average molecular weight is 241 g/mol. The van der Waals surface area contributed by atoms with Gasteiger partial charge in [0, 0.05) is 7.05 Å². The topological polar surface area (TPSA) is 46.2 Å². The molecule has 1 rings (SSSR count). The molecule has 1 N–H and O–H groups in total. The fourth-order valence-electron chi connectivity index (χ4n) is 1.64. The van der Waals surface area contributed by atoms with Crippen molar-refractivity contribution in [2.75, 3.05) is 18.1 Å². The van der Waals surface area contributed by atoms with Gasteiger partial charge < -0.3 is 5.32 Å². The molecule has 1 aromatic rings. The van der Waals surface area contributed by atoms with Crippen molar-refractivity contribution in [3.8, 4) is 0 Å². The van der Waals surface area contributed by atoms with E-state index in [9.17, 15) is 8.42 Å². The summed E-state index contributed by atoms with van der Waals surface area (Å²) >= 11 is 0. The van der Waals surface area contributed by atoms with E-state index in [0.29, 0.717) is 10.6 Å². The summed E-state index contributed by atoms with van der Waals surface area (Å²) in [5.74, 6) is 0.320. The Morgan fingerprint density at radius 2 is 1.94 bits per heavy atom. The van der Waals surface area contributed by atoms with Gasteiger partial charge in [-0.2, -0.15) is 0 Å². The van der Waals surface area contributed by atoms with Crippen LogP contribution >= 0.6 is 0 Å². The lowest BCUT2D eigenvalue weighted by Crippen LogP contribution is -2.13. The molecule has 0 saturated carbocycles. The molecular formula is C12H19NO2S. The van der Waals surface area contributed by atoms with Crippen LogP contribution in [0.1, 0.15) is 19.4 Å². The Morgan fingerprint density at radius 3 is 2.44 bits per heavy atom. The Bertz CT molecular complexity index is 464. The van der Waals surface area contributed by atoms with E-state index in [0.717, 1.165) is 5.56 Å². The minimum atomic E-state index is -3.18. The number of anilines is 1. The number of rotatable bonds is 4. The van der Waals surface area contributed by atoms with Crippen molar-refractivity contribution in [2.45, 2.75) is 25.7 Å². The first kappa shape index (κ1) is 13.0. The molecular weight excluding hydrogens is 222 g/mol. The number of aryl methyl sites for hydroxylation is 1. The molecule has 3 nitrogen and oxygen atoms in total. The van der Waals surface area contributed by atoms with Gasteiger partial charge in [0.05, 0.1) is 16.3 Å². The molecule has 16 heavy (non-hydrogen) atoms. The van der Waals surface area contributed by atoms with Crippen LogP contribution in [-0.4, -0.2) is 21.2 Å². The number of hydrogen-bond donors (Lipinski definition) is 1. The van der Waals surface area contributed by atoms with Gasteiger partial charge in [0.15, 0.2) is 9.84 Å². The largest absolute Gasteiger partial charge is 0.387 e. The Hall–Kier alpha value is -1.03. The third kappa shape index (κ3) is 2.98. The molecule has 0 aliphatic carbocycles. The van der Waals surface area contributed by atoms with E-state index < -0.39 is 9.84 Å². The highest BCUT2D eigenvalue weighted by atomic mass is 32.2. The van der Waals surface area contributed by atoms with E-state index in [1.165, 1.54) is 0 Å². The normalized spacial score (nSPS) is 11.8. The zero-order valence-electron chi connectivity index (χ0n) is 10.2. The van der Waals surface area contributed by atoms with Crippen LogP contribution in [0.4, 0.5) is 5.69 Å². The molecule has 0 amide bonds. The van der Waals surface area contributed by atoms with Gasteiger partial charge in [0.2, 0.25) is 0 Å². The zero-order chi connectivity index (χ0) is 12.3. The Balaban J connectivity index is 3.22. The Labute approximate surface area is 97.8 Å². The lowest BCUT2D eigenvalue weighted by atomic mass is 10.2. The van der Waals surface area contributed by atoms with Crippen LogP contribution < -0.4 is 5.32 Å². The van der Waals surface area contributed by atoms with Crippen LogP contribution in [0.15, 0.2) is 23.1 Å². The molecule has 0 spiro atoms. The van der Waals surface area contributed by atoms with Crippen molar-refractivity contribution in [1.82, 2.24) is 0 Å². The molecule has 0 heterocycles. The molecule has 4 heteroatoms. The van der Waals surface area contributed by atoms with Crippen LogP contribution in [0.2, 0.25) is 0 Å². The van der Waals surface area contributed by atoms with Crippen molar-refractivity contribution < 1.29 is 8.42 Å². The van der Waals surface area contributed by atoms with E-state index >= 15 is 0 Å². The maximum absolute atomic E-state index is 12.1. The summed E-state index contributed by atoms with van der Waals surface area (Å²) in [7, 11) is -1.44. The molecule has 0 aliphatic rings. The molecule has 1 aromatic carbocycles. The smallest absolute Gasteiger partial charge is 0.180 e. The molecule has 0 unspecified atom stereocenters. The zero-order valence-corrected chi connectivity index (χ0v) is 11.1. The highest BCUT2D eigenvalue weighted by Crippen LogP contribution is 2.24. The summed E-state index contributed by atoms with van der Waals surface area (Å²) in [6.45, 7) is 5.76. The van der Waals surface area contributed by atoms with Crippen LogP contribution in [0, 0.1) is 12.8 Å². The Kier molecular flexibility index (Phi) is 3.97. The lowest BCUT2D eigenvalue weighted by molar-refractivity contribution is 0.582. The minimum absolute atomic E-state index is 0.135. The fraction of sp³-hybridized carbons (Fsp3) is 0.500. The van der Waals surface area contributed by atoms with Gasteiger partial charge in [0.1, 0.15) is 0 Å². The van der Waals surface area contributed by atoms with E-state index in [4.69, 9.17) is 0 Å². The second-order valence-corrected chi connectivity index (χ2v) is 6.43. The summed E-state index contributed by atoms with van der Waals surface area (Å²) < 4.78 is 24.2. The Morgan fingerprint density at radius 1 is 1.31 bits per heavy atom. The summed E-state index contributed by atoms with van der Waals surface area (Å²) in [4.78, 5) is 0.397. The summed E-state index contributed by atoms with van der Waals surface area (Å²) in [5, 5.41) is 2.94. The van der Waals surface area contributed by atoms with E-state index in [1.54, 1.807) is 13.1 Å². The van der Waals surface area contributed by atoms with Crippen LogP contribution in [0.5, 0.6) is 0 Å². The average Bonchev–Trinajstić information content (AvgIpc) is 2.15. The van der Waals surface area contributed by atoms with Crippen LogP contribution in [0.3, 0.4) is 0 Å². The van der Waals surface area contributed by atoms with Gasteiger partial charge in [-0.05, 0) is 30.5 Å². The quantitative estimate of drug-likeness (QED) is 0.880. The first-order valence-corrected chi connectivity index (χ1v) is 7.03. The van der Waals surface area contributed by atoms with Crippen molar-refractivity contribution in [1.29, 1.82) is 0 Å². The molecule has 0 atom stereocenters. The first-order valence-electron chi connectivity index (χ1n) is 5.38. The maximum Gasteiger partial charge on any atom is 0.180 e. The van der Waals surface area contributed by atoms with Crippen molar-refractivity contribution in [3.05, 3.63) is 23.8 Å². The summed E-state index contributed by atoms with van der Waals surface area (Å²) in [6, 6.07) is 5.36. The highest BCUT2D eigenvalue weighted by Gasteiger charge is 2.19. The van der Waals surface area contributed by atoms with Crippen molar-refractivity contribution in [2.24, 2.45) is 5.92 Å². The lowest BCUT2D eigenvalue weighted by Gasteiger charge is -2.12. The third-order valence-corrected chi connectivity index (χ3v) is 4.42. The molecule has 0 aromatic heterocycles. The molecule has 0 bridgehead atoms. The van der Waals surface area contributed by atoms with Crippen LogP contribution in [0.25, 0.3) is 0 Å². The standard InChI is InChI=1S/C12H19NO2S/c1-9(2)8-16(14,15)12-6-5-10(3)7-11(12)13-4/h5-7,9,13H,8H2,1-4H3. The maximum atomic E-state index is 12.1. The van der Waals surface area contributed by atoms with Gasteiger partial charge in [-0.3, -0.25) is 0 Å². The van der Waals surface area contributed by atoms with Crippen molar-refractivity contribution >= 4 is 15.5 Å². The summed E-state index contributed by atoms with van der Waals surface area (Å²) in [6.07, 6.45) is 0. The van der Waals surface area contributed by atoms with Gasteiger partial charge in [0.25, 0.3) is 0 Å². The number of nitrogens with one attached hydrogen (secondary N) is 1. The number of hydrogen-bond acceptors (Lipinski definition) is 3. The number of sulfone groups is 1. The molecule has 0 fully saturated rings. The first-order chi connectivity index (χ1) is 7.36. The van der Waals surface area contributed by atoms with Crippen molar-refractivity contribution in [3.63, 3.8) is 0 Å². The van der Waals surface area contributed by atoms with E-state index in [1.807, 2.05) is 32.9 Å². The minimum Gasteiger partial charge on any atom is -0.387 e. The molecule has 0 aliphatic heterocycles. The third-order valence-electron chi connectivity index (χ3n) is 2.29. The van der Waals surface area contributed by atoms with Gasteiger partial charge >= 0.3 is 0 Å². The molecule has 0 saturated heterocycles. The number of benzene rings is 1. The predicted molar refractivity (Wildman–Crippen MR) is 67.6 cm³/mol. The van der Waals surface area contributed by atoms with E-state index in [-0.39, 0.29) is 11.7 Å². The predicted octanol–water partition coefficient (Wildman–Crippen LogP) is 2.47. The SMILES string of the molecule is CNc1cc(C)ccc1S(=O)(=O)CC(C)C. The van der Waals surface area contributed by atoms with Gasteiger partial charge in [-0.15, -0.1) is 0 Å². The monoisotopic (exact) mass is 241 g/mol. The second kappa shape index (κ2) is 4.87. The van der Waals surface area contributed by atoms with Crippen LogP contribution in [-0.2, 0) is 9.84 Å². The fourth-order valence-corrected chi connectivity index (χ4v) is 3.47. The highest BCUT2D eigenvalue weighted by molar-refractivity contribution is 7.91. The molecule has 0 radical (unpaired) electrons. The van der Waals surface area contributed by atoms with Gasteiger partial charge in [-0.1, -0.05) is 19.9 Å². The second-order valence-electron chi connectivity index (χ2n) is 4.42. The van der Waals surface area contributed by atoms with Gasteiger partial charge in [-0.25, -0.2) is 8.42 Å². The summed E-state index contributed by atoms with van der Waals surface area (Å²) in [5.41, 5.74) is 1.73. The molecule has 90 valence electrons.